The fraction of sp³-hybridized carbons (Fsp3) is 0.333. The lowest BCUT2D eigenvalue weighted by atomic mass is 9.87. The van der Waals surface area contributed by atoms with Crippen molar-refractivity contribution >= 4 is 17.5 Å². The third-order valence-electron chi connectivity index (χ3n) is 4.34. The number of amides is 2. The third kappa shape index (κ3) is 5.78. The van der Waals surface area contributed by atoms with Gasteiger partial charge in [-0.15, -0.1) is 0 Å². The number of urea groups is 1. The van der Waals surface area contributed by atoms with E-state index < -0.39 is 0 Å². The number of carbonyl (C=O) groups is 1. The lowest BCUT2D eigenvalue weighted by Crippen LogP contribution is -2.32. The Kier molecular flexibility index (Phi) is 6.11. The van der Waals surface area contributed by atoms with Gasteiger partial charge in [0.1, 0.15) is 12.1 Å². The van der Waals surface area contributed by atoms with E-state index in [1.54, 1.807) is 4.68 Å². The van der Waals surface area contributed by atoms with Crippen LogP contribution in [0.25, 0.3) is 5.82 Å². The van der Waals surface area contributed by atoms with Crippen LogP contribution in [-0.4, -0.2) is 38.9 Å². The second kappa shape index (κ2) is 8.72. The number of aromatic nitrogens is 4. The average molecular weight is 393 g/mol. The van der Waals surface area contributed by atoms with Crippen molar-refractivity contribution in [3.63, 3.8) is 0 Å². The number of nitrogens with zero attached hydrogens (tertiary/aromatic N) is 4. The molecule has 2 amide bonds. The highest BCUT2D eigenvalue weighted by atomic mass is 16.2. The van der Waals surface area contributed by atoms with E-state index >= 15 is 0 Å². The first-order valence-corrected chi connectivity index (χ1v) is 9.55. The molecule has 8 nitrogen and oxygen atoms in total. The van der Waals surface area contributed by atoms with Crippen LogP contribution in [0.3, 0.4) is 0 Å². The molecule has 0 aliphatic rings. The molecule has 29 heavy (non-hydrogen) atoms. The molecule has 152 valence electrons. The van der Waals surface area contributed by atoms with Crippen LogP contribution in [-0.2, 0) is 5.41 Å². The van der Waals surface area contributed by atoms with Crippen LogP contribution in [0.4, 0.5) is 16.3 Å². The summed E-state index contributed by atoms with van der Waals surface area (Å²) < 4.78 is 1.69. The summed E-state index contributed by atoms with van der Waals surface area (Å²) in [4.78, 5) is 20.5. The third-order valence-corrected chi connectivity index (χ3v) is 4.34. The number of carbonyl (C=O) groups excluding carboxylic acids is 1. The molecule has 0 atom stereocenters. The van der Waals surface area contributed by atoms with E-state index in [1.807, 2.05) is 49.5 Å². The number of anilines is 2. The average Bonchev–Trinajstić information content (AvgIpc) is 3.12. The fourth-order valence-corrected chi connectivity index (χ4v) is 2.71. The highest BCUT2D eigenvalue weighted by Gasteiger charge is 2.13. The molecule has 1 aromatic carbocycles. The first-order valence-electron chi connectivity index (χ1n) is 9.55. The van der Waals surface area contributed by atoms with E-state index in [-0.39, 0.29) is 11.4 Å². The minimum absolute atomic E-state index is 0.0869. The van der Waals surface area contributed by atoms with Gasteiger partial charge in [0.15, 0.2) is 5.82 Å². The van der Waals surface area contributed by atoms with Gasteiger partial charge < -0.3 is 16.0 Å². The number of hydrogen-bond donors (Lipinski definition) is 3. The van der Waals surface area contributed by atoms with Crippen molar-refractivity contribution in [3.8, 4) is 5.82 Å². The van der Waals surface area contributed by atoms with E-state index in [1.165, 1.54) is 11.9 Å². The van der Waals surface area contributed by atoms with E-state index in [0.29, 0.717) is 24.7 Å². The second-order valence-corrected chi connectivity index (χ2v) is 7.80. The van der Waals surface area contributed by atoms with E-state index in [2.05, 4.69) is 51.8 Å². The van der Waals surface area contributed by atoms with Crippen molar-refractivity contribution in [1.29, 1.82) is 0 Å². The zero-order valence-corrected chi connectivity index (χ0v) is 17.2. The summed E-state index contributed by atoms with van der Waals surface area (Å²) in [7, 11) is 0. The Labute approximate surface area is 170 Å². The van der Waals surface area contributed by atoms with Gasteiger partial charge in [0.25, 0.3) is 0 Å². The van der Waals surface area contributed by atoms with Crippen molar-refractivity contribution < 1.29 is 4.79 Å². The standard InChI is InChI=1S/C21H27N7O/c1-15-9-12-28(27-15)19-13-18(24-14-25-19)22-10-11-23-20(29)26-17-7-5-16(6-8-17)21(2,3)4/h5-9,12-14H,10-11H2,1-4H3,(H,22,24,25)(H2,23,26,29). The van der Waals surface area contributed by atoms with Crippen LogP contribution in [0.1, 0.15) is 32.0 Å². The van der Waals surface area contributed by atoms with Gasteiger partial charge in [-0.05, 0) is 36.1 Å². The maximum Gasteiger partial charge on any atom is 0.319 e. The van der Waals surface area contributed by atoms with Gasteiger partial charge >= 0.3 is 6.03 Å². The number of nitrogens with one attached hydrogen (secondary N) is 3. The van der Waals surface area contributed by atoms with Crippen LogP contribution >= 0.6 is 0 Å². The summed E-state index contributed by atoms with van der Waals surface area (Å²) in [6, 6.07) is 11.4. The molecule has 3 N–H and O–H groups in total. The van der Waals surface area contributed by atoms with E-state index in [0.717, 1.165) is 11.4 Å². The molecule has 0 aliphatic heterocycles. The Balaban J connectivity index is 1.44. The molecular formula is C21H27N7O. The summed E-state index contributed by atoms with van der Waals surface area (Å²) in [5.74, 6) is 1.35. The Hall–Kier alpha value is -3.42. The van der Waals surface area contributed by atoms with E-state index in [4.69, 9.17) is 0 Å². The van der Waals surface area contributed by atoms with Crippen molar-refractivity contribution in [1.82, 2.24) is 25.1 Å². The predicted octanol–water partition coefficient (Wildman–Crippen LogP) is 3.50. The SMILES string of the molecule is Cc1ccn(-c2cc(NCCNC(=O)Nc3ccc(C(C)(C)C)cc3)ncn2)n1. The predicted molar refractivity (Wildman–Crippen MR) is 115 cm³/mol. The normalized spacial score (nSPS) is 11.2. The van der Waals surface area contributed by atoms with Gasteiger partial charge in [-0.3, -0.25) is 0 Å². The van der Waals surface area contributed by atoms with Crippen LogP contribution in [0.15, 0.2) is 48.9 Å². The Morgan fingerprint density at radius 2 is 1.83 bits per heavy atom. The smallest absolute Gasteiger partial charge is 0.319 e. The van der Waals surface area contributed by atoms with Gasteiger partial charge in [-0.25, -0.2) is 19.4 Å². The lowest BCUT2D eigenvalue weighted by Gasteiger charge is -2.19. The highest BCUT2D eigenvalue weighted by Crippen LogP contribution is 2.23. The van der Waals surface area contributed by atoms with Gasteiger partial charge in [0.05, 0.1) is 5.69 Å². The topological polar surface area (TPSA) is 96.8 Å². The van der Waals surface area contributed by atoms with Crippen LogP contribution in [0, 0.1) is 6.92 Å². The van der Waals surface area contributed by atoms with Crippen LogP contribution in [0.2, 0.25) is 0 Å². The van der Waals surface area contributed by atoms with Crippen molar-refractivity contribution in [2.45, 2.75) is 33.1 Å². The lowest BCUT2D eigenvalue weighted by molar-refractivity contribution is 0.252. The number of hydrogen-bond acceptors (Lipinski definition) is 5. The van der Waals surface area contributed by atoms with Gasteiger partial charge in [0.2, 0.25) is 0 Å². The molecule has 2 aromatic heterocycles. The maximum absolute atomic E-state index is 12.1. The molecule has 0 saturated carbocycles. The first kappa shape index (κ1) is 20.3. The molecule has 8 heteroatoms. The quantitative estimate of drug-likeness (QED) is 0.557. The molecule has 3 rings (SSSR count). The van der Waals surface area contributed by atoms with Gasteiger partial charge in [0, 0.05) is 31.0 Å². The number of rotatable bonds is 6. The molecule has 0 fully saturated rings. The highest BCUT2D eigenvalue weighted by molar-refractivity contribution is 5.89. The number of aryl methyl sites for hydroxylation is 1. The number of benzene rings is 1. The van der Waals surface area contributed by atoms with E-state index in [9.17, 15) is 4.79 Å². The molecule has 0 spiro atoms. The first-order chi connectivity index (χ1) is 13.8. The molecule has 0 saturated heterocycles. The Morgan fingerprint density at radius 1 is 1.07 bits per heavy atom. The molecule has 0 radical (unpaired) electrons. The summed E-state index contributed by atoms with van der Waals surface area (Å²) >= 11 is 0. The Bertz CT molecular complexity index is 958. The minimum Gasteiger partial charge on any atom is -0.368 e. The Morgan fingerprint density at radius 3 is 2.48 bits per heavy atom. The maximum atomic E-state index is 12.1. The monoisotopic (exact) mass is 393 g/mol. The fourth-order valence-electron chi connectivity index (χ4n) is 2.71. The molecule has 0 aliphatic carbocycles. The van der Waals surface area contributed by atoms with Gasteiger partial charge in [-0.1, -0.05) is 32.9 Å². The molecular weight excluding hydrogens is 366 g/mol. The van der Waals surface area contributed by atoms with Crippen LogP contribution in [0.5, 0.6) is 0 Å². The molecule has 2 heterocycles. The van der Waals surface area contributed by atoms with Gasteiger partial charge in [-0.2, -0.15) is 5.10 Å². The molecule has 0 unspecified atom stereocenters. The molecule has 0 bridgehead atoms. The largest absolute Gasteiger partial charge is 0.368 e. The zero-order valence-electron chi connectivity index (χ0n) is 17.2. The second-order valence-electron chi connectivity index (χ2n) is 7.80. The molecule has 3 aromatic rings. The van der Waals surface area contributed by atoms with Crippen molar-refractivity contribution in [3.05, 3.63) is 60.2 Å². The zero-order chi connectivity index (χ0) is 20.9. The summed E-state index contributed by atoms with van der Waals surface area (Å²) in [5.41, 5.74) is 2.99. The van der Waals surface area contributed by atoms with Crippen LogP contribution < -0.4 is 16.0 Å². The summed E-state index contributed by atoms with van der Waals surface area (Å²) in [6.07, 6.45) is 3.33. The summed E-state index contributed by atoms with van der Waals surface area (Å²) in [6.45, 7) is 9.38. The summed E-state index contributed by atoms with van der Waals surface area (Å²) in [5, 5.41) is 13.2. The van der Waals surface area contributed by atoms with Crippen molar-refractivity contribution in [2.24, 2.45) is 0 Å². The van der Waals surface area contributed by atoms with Crippen molar-refractivity contribution in [2.75, 3.05) is 23.7 Å². The minimum atomic E-state index is -0.245.